The van der Waals surface area contributed by atoms with E-state index < -0.39 is 67.7 Å². The van der Waals surface area contributed by atoms with Crippen LogP contribution >= 0.6 is 0 Å². The van der Waals surface area contributed by atoms with Crippen LogP contribution in [0.4, 0.5) is 0 Å². The number of rotatable bonds is 19. The molecule has 65 heavy (non-hydrogen) atoms. The summed E-state index contributed by atoms with van der Waals surface area (Å²) in [5, 5.41) is 12.2. The second kappa shape index (κ2) is 22.9. The molecule has 3 fully saturated rings. The Balaban J connectivity index is 1.05. The molecule has 3 saturated heterocycles. The van der Waals surface area contributed by atoms with Gasteiger partial charge in [0.2, 0.25) is 0 Å². The Morgan fingerprint density at radius 3 is 1.32 bits per heavy atom. The molecule has 1 unspecified atom stereocenters. The normalized spacial score (nSPS) is 27.7. The van der Waals surface area contributed by atoms with Crippen LogP contribution in [-0.2, 0) is 80.4 Å². The Hall–Kier alpha value is -5.12. The Kier molecular flexibility index (Phi) is 15.8. The molecule has 0 radical (unpaired) electrons. The third-order valence-electron chi connectivity index (χ3n) is 11.8. The number of hydrogen-bond acceptors (Lipinski definition) is 11. The van der Waals surface area contributed by atoms with Crippen molar-refractivity contribution >= 4 is 0 Å². The highest BCUT2D eigenvalue weighted by molar-refractivity contribution is 5.19. The number of aliphatic hydroxyl groups excluding tert-OH is 1. The van der Waals surface area contributed by atoms with Crippen LogP contribution in [0, 0.1) is 0 Å². The van der Waals surface area contributed by atoms with Crippen molar-refractivity contribution < 1.29 is 52.5 Å². The third-order valence-corrected chi connectivity index (χ3v) is 11.8. The van der Waals surface area contributed by atoms with E-state index in [-0.39, 0.29) is 39.6 Å². The molecule has 11 atom stereocenters. The van der Waals surface area contributed by atoms with E-state index in [1.54, 1.807) is 0 Å². The van der Waals surface area contributed by atoms with Crippen LogP contribution in [0.5, 0.6) is 0 Å². The predicted molar refractivity (Wildman–Crippen MR) is 241 cm³/mol. The molecule has 11 heteroatoms. The summed E-state index contributed by atoms with van der Waals surface area (Å²) in [6.45, 7) is 1.45. The van der Waals surface area contributed by atoms with E-state index in [0.29, 0.717) is 6.61 Å². The lowest BCUT2D eigenvalue weighted by Crippen LogP contribution is -2.66. The lowest BCUT2D eigenvalue weighted by molar-refractivity contribution is -0.410. The number of hydrogen-bond donors (Lipinski definition) is 1. The van der Waals surface area contributed by atoms with E-state index in [9.17, 15) is 5.11 Å². The molecule has 0 aliphatic carbocycles. The monoisotopic (exact) mass is 880 g/mol. The van der Waals surface area contributed by atoms with Crippen molar-refractivity contribution in [3.05, 3.63) is 215 Å². The van der Waals surface area contributed by atoms with E-state index in [2.05, 4.69) is 0 Å². The standard InChI is InChI=1S/C54H56O11/c55-46-44(36-56-31-38-19-7-1-8-20-38)62-53(50(59-34-41-25-13-4-14-26-41)48(46)57-32-39-21-9-2-10-22-39)65-54-51(60-35-42-27-15-5-16-28-42)49(58-33-40-23-11-3-12-24-40)47-45(63-54)37-61-52(64-47)43-29-17-6-18-30-43/h1-30,44-55H,31-37H2/t44-,45-,46-,47-,48+,49+,50-,51-,52?,53-,54-/m1/s1. The summed E-state index contributed by atoms with van der Waals surface area (Å²) in [6.07, 6.45) is -9.57. The highest BCUT2D eigenvalue weighted by Crippen LogP contribution is 2.39. The van der Waals surface area contributed by atoms with Gasteiger partial charge in [0.15, 0.2) is 18.9 Å². The van der Waals surface area contributed by atoms with Crippen LogP contribution in [0.3, 0.4) is 0 Å². The van der Waals surface area contributed by atoms with Crippen molar-refractivity contribution in [2.45, 2.75) is 101 Å². The second-order valence-electron chi connectivity index (χ2n) is 16.4. The SMILES string of the molecule is O[C@H]1[C@H](OCc2ccccc2)[C@@H](OCc2ccccc2)[C@@H](O[C@H]2O[C@@H]3COC(c4ccccc4)O[C@H]3[C@H](OCc3ccccc3)[C@H]2OCc2ccccc2)O[C@@H]1COCc1ccccc1. The minimum absolute atomic E-state index is 0.0437. The van der Waals surface area contributed by atoms with Crippen LogP contribution in [0.25, 0.3) is 0 Å². The topological polar surface area (TPSA) is 113 Å². The summed E-state index contributed by atoms with van der Waals surface area (Å²) in [6, 6.07) is 59.2. The quantitative estimate of drug-likeness (QED) is 0.0846. The average molecular weight is 881 g/mol. The third kappa shape index (κ3) is 12.0. The van der Waals surface area contributed by atoms with Crippen LogP contribution in [0.15, 0.2) is 182 Å². The van der Waals surface area contributed by atoms with Gasteiger partial charge in [-0.3, -0.25) is 0 Å². The van der Waals surface area contributed by atoms with E-state index in [1.807, 2.05) is 182 Å². The Morgan fingerprint density at radius 1 is 0.431 bits per heavy atom. The number of ether oxygens (including phenoxy) is 10. The van der Waals surface area contributed by atoms with Crippen molar-refractivity contribution in [2.75, 3.05) is 13.2 Å². The molecule has 11 nitrogen and oxygen atoms in total. The van der Waals surface area contributed by atoms with Crippen molar-refractivity contribution in [2.24, 2.45) is 0 Å². The first-order valence-electron chi connectivity index (χ1n) is 22.3. The summed E-state index contributed by atoms with van der Waals surface area (Å²) in [5.41, 5.74) is 5.66. The largest absolute Gasteiger partial charge is 0.387 e. The highest BCUT2D eigenvalue weighted by atomic mass is 16.8. The molecule has 3 aliphatic rings. The summed E-state index contributed by atoms with van der Waals surface area (Å²) < 4.78 is 67.2. The van der Waals surface area contributed by atoms with Gasteiger partial charge >= 0.3 is 0 Å². The molecule has 0 spiro atoms. The Labute approximate surface area is 380 Å². The summed E-state index contributed by atoms with van der Waals surface area (Å²) in [5.74, 6) is 0. The van der Waals surface area contributed by atoms with Gasteiger partial charge < -0.3 is 52.5 Å². The van der Waals surface area contributed by atoms with Crippen LogP contribution in [-0.4, -0.2) is 79.7 Å². The molecule has 0 amide bonds. The molecule has 3 aliphatic heterocycles. The summed E-state index contributed by atoms with van der Waals surface area (Å²) in [7, 11) is 0. The van der Waals surface area contributed by atoms with Gasteiger partial charge in [-0.1, -0.05) is 182 Å². The Morgan fingerprint density at radius 2 is 0.831 bits per heavy atom. The minimum atomic E-state index is -1.16. The fourth-order valence-electron chi connectivity index (χ4n) is 8.37. The van der Waals surface area contributed by atoms with Crippen molar-refractivity contribution in [3.8, 4) is 0 Å². The smallest absolute Gasteiger partial charge is 0.190 e. The molecular formula is C54H56O11. The molecule has 0 saturated carbocycles. The summed E-state index contributed by atoms with van der Waals surface area (Å²) in [4.78, 5) is 0. The highest BCUT2D eigenvalue weighted by Gasteiger charge is 2.55. The van der Waals surface area contributed by atoms with Crippen molar-refractivity contribution in [1.29, 1.82) is 0 Å². The first-order valence-corrected chi connectivity index (χ1v) is 22.3. The number of benzene rings is 6. The van der Waals surface area contributed by atoms with Gasteiger partial charge in [0.05, 0.1) is 46.2 Å². The van der Waals surface area contributed by atoms with E-state index in [0.717, 1.165) is 33.4 Å². The van der Waals surface area contributed by atoms with Gasteiger partial charge in [0.25, 0.3) is 0 Å². The predicted octanol–water partition coefficient (Wildman–Crippen LogP) is 8.49. The molecule has 9 rings (SSSR count). The zero-order valence-corrected chi connectivity index (χ0v) is 36.2. The van der Waals surface area contributed by atoms with Crippen LogP contribution < -0.4 is 0 Å². The number of aliphatic hydroxyl groups is 1. The van der Waals surface area contributed by atoms with Gasteiger partial charge in [-0.2, -0.15) is 0 Å². The first-order chi connectivity index (χ1) is 32.1. The molecule has 338 valence electrons. The molecule has 1 N–H and O–H groups in total. The van der Waals surface area contributed by atoms with Crippen molar-refractivity contribution in [3.63, 3.8) is 0 Å². The average Bonchev–Trinajstić information content (AvgIpc) is 3.37. The van der Waals surface area contributed by atoms with Gasteiger partial charge in [0.1, 0.15) is 48.8 Å². The van der Waals surface area contributed by atoms with Gasteiger partial charge in [-0.05, 0) is 27.8 Å². The molecular weight excluding hydrogens is 825 g/mol. The fourth-order valence-corrected chi connectivity index (χ4v) is 8.37. The molecule has 0 aromatic heterocycles. The fraction of sp³-hybridized carbons (Fsp3) is 0.333. The Bertz CT molecular complexity index is 2250. The van der Waals surface area contributed by atoms with Crippen LogP contribution in [0.1, 0.15) is 39.7 Å². The molecule has 3 heterocycles. The second-order valence-corrected chi connectivity index (χ2v) is 16.4. The maximum atomic E-state index is 12.2. The first kappa shape index (κ1) is 45.1. The van der Waals surface area contributed by atoms with Gasteiger partial charge in [0, 0.05) is 5.56 Å². The molecule has 6 aromatic rings. The van der Waals surface area contributed by atoms with E-state index >= 15 is 0 Å². The maximum absolute atomic E-state index is 12.2. The molecule has 0 bridgehead atoms. The lowest BCUT2D eigenvalue weighted by atomic mass is 9.96. The lowest BCUT2D eigenvalue weighted by Gasteiger charge is -2.51. The zero-order chi connectivity index (χ0) is 44.0. The van der Waals surface area contributed by atoms with Crippen molar-refractivity contribution in [1.82, 2.24) is 0 Å². The number of fused-ring (bicyclic) bond motifs is 1. The van der Waals surface area contributed by atoms with Gasteiger partial charge in [-0.25, -0.2) is 0 Å². The maximum Gasteiger partial charge on any atom is 0.190 e. The van der Waals surface area contributed by atoms with Gasteiger partial charge in [-0.15, -0.1) is 0 Å². The minimum Gasteiger partial charge on any atom is -0.387 e. The summed E-state index contributed by atoms with van der Waals surface area (Å²) >= 11 is 0. The van der Waals surface area contributed by atoms with E-state index in [4.69, 9.17) is 47.4 Å². The van der Waals surface area contributed by atoms with Crippen LogP contribution in [0.2, 0.25) is 0 Å². The van der Waals surface area contributed by atoms with E-state index in [1.165, 1.54) is 0 Å². The zero-order valence-electron chi connectivity index (χ0n) is 36.2. The molecule has 6 aromatic carbocycles.